The minimum Gasteiger partial charge on any atom is -0.496 e. The molecule has 0 saturated heterocycles. The summed E-state index contributed by atoms with van der Waals surface area (Å²) >= 11 is 5.27. The topological polar surface area (TPSA) is 50.4 Å². The van der Waals surface area contributed by atoms with E-state index in [-0.39, 0.29) is 5.78 Å². The van der Waals surface area contributed by atoms with Gasteiger partial charge in [0, 0.05) is 23.4 Å². The number of hydrogen-bond acceptors (Lipinski definition) is 3. The highest BCUT2D eigenvalue weighted by atomic mass is 32.1. The van der Waals surface area contributed by atoms with Crippen LogP contribution in [0.1, 0.15) is 22.8 Å². The maximum Gasteiger partial charge on any atom is 0.171 e. The first-order valence-electron chi connectivity index (χ1n) is 6.88. The molecule has 5 heteroatoms. The molecule has 2 aromatic rings. The van der Waals surface area contributed by atoms with Crippen LogP contribution in [0.2, 0.25) is 0 Å². The molecule has 0 aromatic heterocycles. The van der Waals surface area contributed by atoms with E-state index in [0.29, 0.717) is 17.2 Å². The molecule has 114 valence electrons. The summed E-state index contributed by atoms with van der Waals surface area (Å²) in [6, 6.07) is 15.0. The molecule has 0 heterocycles. The van der Waals surface area contributed by atoms with E-state index >= 15 is 0 Å². The van der Waals surface area contributed by atoms with Gasteiger partial charge in [-0.05, 0) is 49.5 Å². The zero-order valence-corrected chi connectivity index (χ0v) is 13.4. The second kappa shape index (κ2) is 7.56. The van der Waals surface area contributed by atoms with Crippen LogP contribution in [0.25, 0.3) is 0 Å². The zero-order valence-electron chi connectivity index (χ0n) is 12.6. The van der Waals surface area contributed by atoms with Crippen LogP contribution in [0.3, 0.4) is 0 Å². The molecule has 0 fully saturated rings. The Bertz CT molecular complexity index is 669. The summed E-state index contributed by atoms with van der Waals surface area (Å²) < 4.78 is 5.30. The zero-order chi connectivity index (χ0) is 15.9. The average Bonchev–Trinajstić information content (AvgIpc) is 2.53. The highest BCUT2D eigenvalue weighted by Crippen LogP contribution is 2.16. The number of methoxy groups -OCH3 is 1. The first-order chi connectivity index (χ1) is 10.6. The Morgan fingerprint density at radius 1 is 1.14 bits per heavy atom. The molecule has 0 saturated carbocycles. The van der Waals surface area contributed by atoms with Gasteiger partial charge in [-0.3, -0.25) is 4.79 Å². The molecule has 4 nitrogen and oxygen atoms in total. The maximum absolute atomic E-state index is 11.2. The number of carbonyl (C=O) groups excluding carboxylic acids is 1. The number of rotatable bonds is 5. The fraction of sp³-hybridized carbons (Fsp3) is 0.176. The van der Waals surface area contributed by atoms with Crippen molar-refractivity contribution in [2.75, 3.05) is 12.4 Å². The van der Waals surface area contributed by atoms with Crippen LogP contribution in [-0.2, 0) is 6.54 Å². The Kier molecular flexibility index (Phi) is 5.49. The lowest BCUT2D eigenvalue weighted by atomic mass is 10.1. The second-order valence-corrected chi connectivity index (χ2v) is 5.16. The molecule has 0 atom stereocenters. The molecule has 0 aliphatic rings. The van der Waals surface area contributed by atoms with Crippen LogP contribution in [-0.4, -0.2) is 18.0 Å². The fourth-order valence-electron chi connectivity index (χ4n) is 1.99. The van der Waals surface area contributed by atoms with Gasteiger partial charge in [-0.2, -0.15) is 0 Å². The smallest absolute Gasteiger partial charge is 0.171 e. The summed E-state index contributed by atoms with van der Waals surface area (Å²) in [7, 11) is 1.64. The van der Waals surface area contributed by atoms with Crippen molar-refractivity contribution >= 4 is 28.8 Å². The van der Waals surface area contributed by atoms with Gasteiger partial charge in [0.2, 0.25) is 0 Å². The highest BCUT2D eigenvalue weighted by molar-refractivity contribution is 7.80. The number of carbonyl (C=O) groups is 1. The predicted octanol–water partition coefficient (Wildman–Crippen LogP) is 3.38. The highest BCUT2D eigenvalue weighted by Gasteiger charge is 2.04. The minimum absolute atomic E-state index is 0.0448. The van der Waals surface area contributed by atoms with Crippen LogP contribution in [0.5, 0.6) is 5.75 Å². The number of thiocarbonyl (C=S) groups is 1. The molecule has 22 heavy (non-hydrogen) atoms. The van der Waals surface area contributed by atoms with Crippen LogP contribution in [0, 0.1) is 0 Å². The van der Waals surface area contributed by atoms with Crippen molar-refractivity contribution in [2.24, 2.45) is 0 Å². The third-order valence-corrected chi connectivity index (χ3v) is 3.43. The summed E-state index contributed by atoms with van der Waals surface area (Å²) in [5.74, 6) is 0.868. The van der Waals surface area contributed by atoms with Crippen LogP contribution in [0.15, 0.2) is 48.5 Å². The Balaban J connectivity index is 1.91. The van der Waals surface area contributed by atoms with E-state index in [4.69, 9.17) is 17.0 Å². The molecule has 0 unspecified atom stereocenters. The van der Waals surface area contributed by atoms with Gasteiger partial charge in [-0.25, -0.2) is 0 Å². The predicted molar refractivity (Wildman–Crippen MR) is 92.5 cm³/mol. The normalized spacial score (nSPS) is 9.91. The number of ketones is 1. The number of nitrogens with one attached hydrogen (secondary N) is 2. The van der Waals surface area contributed by atoms with Crippen molar-refractivity contribution in [1.29, 1.82) is 0 Å². The number of Topliss-reactive ketones (excluding diaryl/α,β-unsaturated/α-hetero) is 1. The molecule has 0 aliphatic carbocycles. The first-order valence-corrected chi connectivity index (χ1v) is 7.28. The molecule has 0 aliphatic heterocycles. The average molecular weight is 314 g/mol. The Hall–Kier alpha value is -2.40. The number of ether oxygens (including phenoxy) is 1. The second-order valence-electron chi connectivity index (χ2n) is 4.75. The van der Waals surface area contributed by atoms with E-state index < -0.39 is 0 Å². The summed E-state index contributed by atoms with van der Waals surface area (Å²) in [6.45, 7) is 2.11. The van der Waals surface area contributed by atoms with Crippen molar-refractivity contribution in [1.82, 2.24) is 5.32 Å². The monoisotopic (exact) mass is 314 g/mol. The lowest BCUT2D eigenvalue weighted by molar-refractivity contribution is 0.101. The largest absolute Gasteiger partial charge is 0.496 e. The fourth-order valence-corrected chi connectivity index (χ4v) is 2.18. The van der Waals surface area contributed by atoms with Crippen LogP contribution < -0.4 is 15.4 Å². The molecule has 0 radical (unpaired) electrons. The Morgan fingerprint density at radius 2 is 1.82 bits per heavy atom. The van der Waals surface area contributed by atoms with E-state index in [0.717, 1.165) is 17.0 Å². The summed E-state index contributed by atoms with van der Waals surface area (Å²) in [6.07, 6.45) is 0. The maximum atomic E-state index is 11.2. The van der Waals surface area contributed by atoms with E-state index in [2.05, 4.69) is 10.6 Å². The minimum atomic E-state index is 0.0448. The van der Waals surface area contributed by atoms with Crippen molar-refractivity contribution in [3.8, 4) is 5.75 Å². The van der Waals surface area contributed by atoms with Gasteiger partial charge in [0.1, 0.15) is 5.75 Å². The van der Waals surface area contributed by atoms with Crippen molar-refractivity contribution in [2.45, 2.75) is 13.5 Å². The van der Waals surface area contributed by atoms with Gasteiger partial charge in [0.25, 0.3) is 0 Å². The van der Waals surface area contributed by atoms with Gasteiger partial charge in [0.05, 0.1) is 7.11 Å². The molecule has 0 bridgehead atoms. The molecule has 0 spiro atoms. The van der Waals surface area contributed by atoms with Gasteiger partial charge in [0.15, 0.2) is 10.9 Å². The summed E-state index contributed by atoms with van der Waals surface area (Å²) in [5.41, 5.74) is 2.54. The van der Waals surface area contributed by atoms with E-state index in [1.165, 1.54) is 0 Å². The third kappa shape index (κ3) is 4.30. The van der Waals surface area contributed by atoms with Gasteiger partial charge in [-0.15, -0.1) is 0 Å². The lowest BCUT2D eigenvalue weighted by Crippen LogP contribution is -2.28. The van der Waals surface area contributed by atoms with E-state index in [1.54, 1.807) is 26.2 Å². The first kappa shape index (κ1) is 16.0. The Morgan fingerprint density at radius 3 is 2.45 bits per heavy atom. The molecule has 2 aromatic carbocycles. The third-order valence-electron chi connectivity index (χ3n) is 3.18. The van der Waals surface area contributed by atoms with Crippen molar-refractivity contribution < 1.29 is 9.53 Å². The number of benzene rings is 2. The van der Waals surface area contributed by atoms with Gasteiger partial charge in [-0.1, -0.05) is 18.2 Å². The van der Waals surface area contributed by atoms with Crippen molar-refractivity contribution in [3.63, 3.8) is 0 Å². The van der Waals surface area contributed by atoms with E-state index in [1.807, 2.05) is 36.4 Å². The number of anilines is 1. The van der Waals surface area contributed by atoms with Gasteiger partial charge >= 0.3 is 0 Å². The number of hydrogen-bond donors (Lipinski definition) is 2. The molecule has 2 N–H and O–H groups in total. The Labute approximate surface area is 135 Å². The van der Waals surface area contributed by atoms with Crippen LogP contribution >= 0.6 is 12.2 Å². The SMILES string of the molecule is COc1ccccc1CNC(=S)Nc1ccc(C(C)=O)cc1. The molecule has 2 rings (SSSR count). The van der Waals surface area contributed by atoms with Gasteiger partial charge < -0.3 is 15.4 Å². The standard InChI is InChI=1S/C17H18N2O2S/c1-12(20)13-7-9-15(10-8-13)19-17(22)18-11-14-5-3-4-6-16(14)21-2/h3-10H,11H2,1-2H3,(H2,18,19,22). The quantitative estimate of drug-likeness (QED) is 0.654. The summed E-state index contributed by atoms with van der Waals surface area (Å²) in [5, 5.41) is 6.73. The van der Waals surface area contributed by atoms with Crippen LogP contribution in [0.4, 0.5) is 5.69 Å². The molecule has 0 amide bonds. The molecular weight excluding hydrogens is 296 g/mol. The number of para-hydroxylation sites is 1. The van der Waals surface area contributed by atoms with Crippen molar-refractivity contribution in [3.05, 3.63) is 59.7 Å². The lowest BCUT2D eigenvalue weighted by Gasteiger charge is -2.12. The molecular formula is C17H18N2O2S. The van der Waals surface area contributed by atoms with E-state index in [9.17, 15) is 4.79 Å². The summed E-state index contributed by atoms with van der Waals surface area (Å²) in [4.78, 5) is 11.2.